The lowest BCUT2D eigenvalue weighted by atomic mass is 10.2. The summed E-state index contributed by atoms with van der Waals surface area (Å²) in [6, 6.07) is 7.92. The van der Waals surface area contributed by atoms with E-state index in [1.807, 2.05) is 18.2 Å². The summed E-state index contributed by atoms with van der Waals surface area (Å²) in [5, 5.41) is 8.30. The average Bonchev–Trinajstić information content (AvgIpc) is 2.91. The first-order chi connectivity index (χ1) is 9.29. The molecule has 0 bridgehead atoms. The number of hydrogen-bond donors (Lipinski definition) is 1. The molecule has 19 heavy (non-hydrogen) atoms. The highest BCUT2D eigenvalue weighted by Gasteiger charge is 2.04. The van der Waals surface area contributed by atoms with Crippen molar-refractivity contribution in [1.29, 1.82) is 0 Å². The van der Waals surface area contributed by atoms with Crippen molar-refractivity contribution in [2.24, 2.45) is 0 Å². The maximum absolute atomic E-state index is 6.03. The second-order valence-corrected chi connectivity index (χ2v) is 5.48. The van der Waals surface area contributed by atoms with Crippen molar-refractivity contribution in [3.8, 4) is 5.75 Å². The van der Waals surface area contributed by atoms with Gasteiger partial charge in [-0.25, -0.2) is 0 Å². The minimum Gasteiger partial charge on any atom is -0.493 e. The van der Waals surface area contributed by atoms with Crippen LogP contribution in [0.3, 0.4) is 0 Å². The van der Waals surface area contributed by atoms with Gasteiger partial charge in [0.15, 0.2) is 0 Å². The summed E-state index contributed by atoms with van der Waals surface area (Å²) in [5.74, 6) is 0.917. The largest absolute Gasteiger partial charge is 0.493 e. The van der Waals surface area contributed by atoms with Crippen LogP contribution in [0.4, 0.5) is 0 Å². The van der Waals surface area contributed by atoms with Crippen LogP contribution in [-0.4, -0.2) is 13.2 Å². The summed E-state index contributed by atoms with van der Waals surface area (Å²) in [7, 11) is 0. The monoisotopic (exact) mass is 295 g/mol. The molecule has 2 nitrogen and oxygen atoms in total. The van der Waals surface area contributed by atoms with Crippen LogP contribution in [0.2, 0.25) is 5.02 Å². The summed E-state index contributed by atoms with van der Waals surface area (Å²) < 4.78 is 5.87. The van der Waals surface area contributed by atoms with E-state index in [-0.39, 0.29) is 0 Å². The SMILES string of the molecule is CCNCc1cc(Cl)ccc1OCCc1ccsc1. The van der Waals surface area contributed by atoms with E-state index in [1.165, 1.54) is 5.56 Å². The molecule has 1 N–H and O–H groups in total. The van der Waals surface area contributed by atoms with Gasteiger partial charge in [-0.2, -0.15) is 11.3 Å². The molecule has 0 aliphatic heterocycles. The number of thiophene rings is 1. The molecule has 1 aromatic carbocycles. The van der Waals surface area contributed by atoms with Crippen LogP contribution >= 0.6 is 22.9 Å². The Balaban J connectivity index is 1.94. The van der Waals surface area contributed by atoms with Gasteiger partial charge in [0.1, 0.15) is 5.75 Å². The van der Waals surface area contributed by atoms with Gasteiger partial charge >= 0.3 is 0 Å². The lowest BCUT2D eigenvalue weighted by Gasteiger charge is -2.12. The predicted octanol–water partition coefficient (Wildman–Crippen LogP) is 4.13. The Labute approximate surface area is 123 Å². The molecule has 2 rings (SSSR count). The molecule has 0 saturated carbocycles. The number of benzene rings is 1. The van der Waals surface area contributed by atoms with Crippen LogP contribution in [0.15, 0.2) is 35.0 Å². The maximum Gasteiger partial charge on any atom is 0.123 e. The molecule has 1 heterocycles. The van der Waals surface area contributed by atoms with E-state index in [1.54, 1.807) is 11.3 Å². The van der Waals surface area contributed by atoms with E-state index in [0.717, 1.165) is 35.8 Å². The highest BCUT2D eigenvalue weighted by molar-refractivity contribution is 7.07. The zero-order valence-electron chi connectivity index (χ0n) is 11.0. The normalized spacial score (nSPS) is 10.6. The lowest BCUT2D eigenvalue weighted by molar-refractivity contribution is 0.318. The van der Waals surface area contributed by atoms with Crippen molar-refractivity contribution >= 4 is 22.9 Å². The zero-order valence-corrected chi connectivity index (χ0v) is 12.6. The van der Waals surface area contributed by atoms with Gasteiger partial charge in [0.25, 0.3) is 0 Å². The van der Waals surface area contributed by atoms with Gasteiger partial charge in [-0.3, -0.25) is 0 Å². The molecule has 1 aromatic heterocycles. The molecule has 2 aromatic rings. The third-order valence-electron chi connectivity index (χ3n) is 2.82. The van der Waals surface area contributed by atoms with Gasteiger partial charge < -0.3 is 10.1 Å². The van der Waals surface area contributed by atoms with Crippen molar-refractivity contribution < 1.29 is 4.74 Å². The van der Waals surface area contributed by atoms with E-state index in [4.69, 9.17) is 16.3 Å². The van der Waals surface area contributed by atoms with Crippen LogP contribution < -0.4 is 10.1 Å². The van der Waals surface area contributed by atoms with Crippen molar-refractivity contribution in [3.63, 3.8) is 0 Å². The fourth-order valence-corrected chi connectivity index (χ4v) is 2.70. The lowest BCUT2D eigenvalue weighted by Crippen LogP contribution is -2.13. The van der Waals surface area contributed by atoms with Crippen molar-refractivity contribution in [2.75, 3.05) is 13.2 Å². The smallest absolute Gasteiger partial charge is 0.123 e. The molecular formula is C15H18ClNOS. The van der Waals surface area contributed by atoms with Gasteiger partial charge in [-0.15, -0.1) is 0 Å². The van der Waals surface area contributed by atoms with E-state index in [9.17, 15) is 0 Å². The first-order valence-electron chi connectivity index (χ1n) is 6.42. The Hall–Kier alpha value is -1.03. The fourth-order valence-electron chi connectivity index (χ4n) is 1.80. The Morgan fingerprint density at radius 3 is 2.95 bits per heavy atom. The van der Waals surface area contributed by atoms with Crippen LogP contribution in [0.25, 0.3) is 0 Å². The van der Waals surface area contributed by atoms with Gasteiger partial charge in [-0.1, -0.05) is 18.5 Å². The molecule has 0 spiro atoms. The van der Waals surface area contributed by atoms with Crippen LogP contribution in [0, 0.1) is 0 Å². The third-order valence-corrected chi connectivity index (χ3v) is 3.78. The number of hydrogen-bond acceptors (Lipinski definition) is 3. The van der Waals surface area contributed by atoms with E-state index in [0.29, 0.717) is 6.61 Å². The van der Waals surface area contributed by atoms with E-state index >= 15 is 0 Å². The molecule has 0 saturated heterocycles. The maximum atomic E-state index is 6.03. The molecule has 4 heteroatoms. The van der Waals surface area contributed by atoms with Gasteiger partial charge in [0, 0.05) is 23.6 Å². The van der Waals surface area contributed by atoms with Crippen molar-refractivity contribution in [1.82, 2.24) is 5.32 Å². The molecule has 0 aliphatic carbocycles. The number of halogens is 1. The molecule has 0 radical (unpaired) electrons. The summed E-state index contributed by atoms with van der Waals surface area (Å²) in [6.07, 6.45) is 0.937. The highest BCUT2D eigenvalue weighted by Crippen LogP contribution is 2.23. The quantitative estimate of drug-likeness (QED) is 0.829. The summed E-state index contributed by atoms with van der Waals surface area (Å²) >= 11 is 7.75. The molecule has 0 unspecified atom stereocenters. The van der Waals surface area contributed by atoms with Gasteiger partial charge in [0.2, 0.25) is 0 Å². The average molecular weight is 296 g/mol. The van der Waals surface area contributed by atoms with Crippen molar-refractivity contribution in [3.05, 3.63) is 51.2 Å². The highest BCUT2D eigenvalue weighted by atomic mass is 35.5. The topological polar surface area (TPSA) is 21.3 Å². The standard InChI is InChI=1S/C15H18ClNOS/c1-2-17-10-13-9-14(16)3-4-15(13)18-7-5-12-6-8-19-11-12/h3-4,6,8-9,11,17H,2,5,7,10H2,1H3. The summed E-state index contributed by atoms with van der Waals surface area (Å²) in [4.78, 5) is 0. The Kier molecular flexibility index (Phi) is 5.70. The minimum atomic E-state index is 0.692. The zero-order chi connectivity index (χ0) is 13.5. The first-order valence-corrected chi connectivity index (χ1v) is 7.74. The molecule has 102 valence electrons. The van der Waals surface area contributed by atoms with E-state index < -0.39 is 0 Å². The number of ether oxygens (including phenoxy) is 1. The van der Waals surface area contributed by atoms with Gasteiger partial charge in [0.05, 0.1) is 6.61 Å². The molecule has 0 aliphatic rings. The molecule has 0 atom stereocenters. The van der Waals surface area contributed by atoms with E-state index in [2.05, 4.69) is 29.1 Å². The Morgan fingerprint density at radius 2 is 2.21 bits per heavy atom. The van der Waals surface area contributed by atoms with Crippen molar-refractivity contribution in [2.45, 2.75) is 19.9 Å². The predicted molar refractivity (Wildman–Crippen MR) is 82.4 cm³/mol. The molecule has 0 fully saturated rings. The third kappa shape index (κ3) is 4.53. The second kappa shape index (κ2) is 7.53. The minimum absolute atomic E-state index is 0.692. The Bertz CT molecular complexity index is 499. The number of rotatable bonds is 7. The second-order valence-electron chi connectivity index (χ2n) is 4.26. The molecule has 0 amide bonds. The van der Waals surface area contributed by atoms with Crippen LogP contribution in [0.1, 0.15) is 18.1 Å². The number of nitrogens with one attached hydrogen (secondary N) is 1. The Morgan fingerprint density at radius 1 is 1.32 bits per heavy atom. The fraction of sp³-hybridized carbons (Fsp3) is 0.333. The van der Waals surface area contributed by atoms with Gasteiger partial charge in [-0.05, 0) is 47.1 Å². The van der Waals surface area contributed by atoms with Crippen LogP contribution in [0.5, 0.6) is 5.75 Å². The molecular weight excluding hydrogens is 278 g/mol. The van der Waals surface area contributed by atoms with Crippen LogP contribution in [-0.2, 0) is 13.0 Å². The summed E-state index contributed by atoms with van der Waals surface area (Å²) in [5.41, 5.74) is 2.44. The summed E-state index contributed by atoms with van der Waals surface area (Å²) in [6.45, 7) is 4.49. The first kappa shape index (κ1) is 14.4.